The van der Waals surface area contributed by atoms with Gasteiger partial charge in [0.15, 0.2) is 0 Å². The van der Waals surface area contributed by atoms with E-state index in [2.05, 4.69) is 27.0 Å². The molecule has 0 saturated heterocycles. The number of aryl methyl sites for hydroxylation is 1. The molecule has 0 aliphatic rings. The molecule has 4 aromatic rings. The molecule has 5 nitrogen and oxygen atoms in total. The number of nitrogens with zero attached hydrogens (tertiary/aromatic N) is 2. The minimum atomic E-state index is -1.38. The Balaban J connectivity index is 1.60. The zero-order valence-corrected chi connectivity index (χ0v) is 20.9. The molecule has 0 radical (unpaired) electrons. The summed E-state index contributed by atoms with van der Waals surface area (Å²) >= 11 is 0. The van der Waals surface area contributed by atoms with Gasteiger partial charge in [0.2, 0.25) is 0 Å². The number of rotatable bonds is 8. The standard InChI is InChI=1S/C30H32FN3O2/c1-29(2,3)33-28(35)23-9-11-24(12-10-23)30(36,25-13-15-26(31)16-14-25)18-17-27-19-32-21-34(27)20-22-7-5-4-6-8-22/h4-16,19,21,36H,17-18,20H2,1-3H3,(H,33,35). The fraction of sp³-hybridized carbons (Fsp3) is 0.267. The summed E-state index contributed by atoms with van der Waals surface area (Å²) in [4.78, 5) is 16.9. The van der Waals surface area contributed by atoms with Gasteiger partial charge in [0, 0.05) is 29.5 Å². The summed E-state index contributed by atoms with van der Waals surface area (Å²) in [5, 5.41) is 14.9. The van der Waals surface area contributed by atoms with E-state index in [0.29, 0.717) is 36.1 Å². The van der Waals surface area contributed by atoms with Crippen molar-refractivity contribution in [3.63, 3.8) is 0 Å². The highest BCUT2D eigenvalue weighted by molar-refractivity contribution is 5.94. The third-order valence-electron chi connectivity index (χ3n) is 6.17. The lowest BCUT2D eigenvalue weighted by Crippen LogP contribution is -2.40. The molecule has 2 N–H and O–H groups in total. The molecule has 0 aliphatic heterocycles. The average molecular weight is 486 g/mol. The van der Waals surface area contributed by atoms with Gasteiger partial charge in [-0.05, 0) is 74.6 Å². The Labute approximate surface area is 211 Å². The molecule has 1 atom stereocenters. The van der Waals surface area contributed by atoms with Gasteiger partial charge in [0.05, 0.1) is 6.33 Å². The van der Waals surface area contributed by atoms with Crippen LogP contribution in [0.25, 0.3) is 0 Å². The first kappa shape index (κ1) is 25.3. The number of carbonyl (C=O) groups excluding carboxylic acids is 1. The molecule has 186 valence electrons. The van der Waals surface area contributed by atoms with E-state index in [-0.39, 0.29) is 17.3 Å². The molecular formula is C30H32FN3O2. The number of benzene rings is 3. The molecule has 1 heterocycles. The maximum absolute atomic E-state index is 13.7. The summed E-state index contributed by atoms with van der Waals surface area (Å²) in [5.74, 6) is -0.541. The van der Waals surface area contributed by atoms with Gasteiger partial charge >= 0.3 is 0 Å². The summed E-state index contributed by atoms with van der Waals surface area (Å²) in [6.45, 7) is 6.46. The largest absolute Gasteiger partial charge is 0.380 e. The number of halogens is 1. The van der Waals surface area contributed by atoms with E-state index in [1.165, 1.54) is 12.1 Å². The first-order valence-electron chi connectivity index (χ1n) is 12.1. The van der Waals surface area contributed by atoms with Crippen LogP contribution in [0.1, 0.15) is 59.9 Å². The average Bonchev–Trinajstić information content (AvgIpc) is 3.29. The fourth-order valence-electron chi connectivity index (χ4n) is 4.28. The normalized spacial score (nSPS) is 13.2. The maximum atomic E-state index is 13.7. The minimum absolute atomic E-state index is 0.177. The van der Waals surface area contributed by atoms with Crippen molar-refractivity contribution in [2.45, 2.75) is 51.3 Å². The number of amides is 1. The molecule has 6 heteroatoms. The molecule has 1 aromatic heterocycles. The van der Waals surface area contributed by atoms with Gasteiger partial charge in [-0.2, -0.15) is 0 Å². The van der Waals surface area contributed by atoms with E-state index >= 15 is 0 Å². The SMILES string of the molecule is CC(C)(C)NC(=O)c1ccc(C(O)(CCc2cncn2Cc2ccccc2)c2ccc(F)cc2)cc1. The van der Waals surface area contributed by atoms with Crippen LogP contribution < -0.4 is 5.32 Å². The van der Waals surface area contributed by atoms with Crippen LogP contribution in [0.15, 0.2) is 91.4 Å². The highest BCUT2D eigenvalue weighted by Crippen LogP contribution is 2.35. The Kier molecular flexibility index (Phi) is 7.36. The molecule has 0 fully saturated rings. The quantitative estimate of drug-likeness (QED) is 0.348. The van der Waals surface area contributed by atoms with Crippen molar-refractivity contribution in [3.05, 3.63) is 125 Å². The fourth-order valence-corrected chi connectivity index (χ4v) is 4.28. The van der Waals surface area contributed by atoms with E-state index in [4.69, 9.17) is 0 Å². The van der Waals surface area contributed by atoms with Gasteiger partial charge in [-0.1, -0.05) is 54.6 Å². The third-order valence-corrected chi connectivity index (χ3v) is 6.17. The second-order valence-corrected chi connectivity index (χ2v) is 10.1. The summed E-state index contributed by atoms with van der Waals surface area (Å²) in [6, 6.07) is 23.0. The summed E-state index contributed by atoms with van der Waals surface area (Å²) in [7, 11) is 0. The van der Waals surface area contributed by atoms with E-state index in [1.807, 2.05) is 45.2 Å². The molecule has 0 saturated carbocycles. The molecule has 0 spiro atoms. The summed E-state index contributed by atoms with van der Waals surface area (Å²) in [5.41, 5.74) is 2.15. The molecule has 1 amide bonds. The second-order valence-electron chi connectivity index (χ2n) is 10.1. The number of aromatic nitrogens is 2. The lowest BCUT2D eigenvalue weighted by atomic mass is 9.82. The predicted molar refractivity (Wildman–Crippen MR) is 139 cm³/mol. The number of hydrogen-bond donors (Lipinski definition) is 2. The van der Waals surface area contributed by atoms with Crippen LogP contribution in [0.5, 0.6) is 0 Å². The first-order valence-corrected chi connectivity index (χ1v) is 12.1. The lowest BCUT2D eigenvalue weighted by Gasteiger charge is -2.30. The van der Waals surface area contributed by atoms with Crippen molar-refractivity contribution in [2.75, 3.05) is 0 Å². The van der Waals surface area contributed by atoms with Crippen molar-refractivity contribution < 1.29 is 14.3 Å². The predicted octanol–water partition coefficient (Wildman–Crippen LogP) is 5.47. The van der Waals surface area contributed by atoms with Crippen LogP contribution in [0.2, 0.25) is 0 Å². The summed E-state index contributed by atoms with van der Waals surface area (Å²) in [6.07, 6.45) is 4.51. The zero-order chi connectivity index (χ0) is 25.8. The van der Waals surface area contributed by atoms with E-state index < -0.39 is 5.60 Å². The van der Waals surface area contributed by atoms with Crippen LogP contribution in [-0.2, 0) is 18.6 Å². The molecule has 0 aliphatic carbocycles. The minimum Gasteiger partial charge on any atom is -0.380 e. The first-order chi connectivity index (χ1) is 17.1. The van der Waals surface area contributed by atoms with Gasteiger partial charge < -0.3 is 15.0 Å². The molecular weight excluding hydrogens is 453 g/mol. The number of nitrogens with one attached hydrogen (secondary N) is 1. The second kappa shape index (κ2) is 10.5. The van der Waals surface area contributed by atoms with Crippen molar-refractivity contribution in [2.24, 2.45) is 0 Å². The van der Waals surface area contributed by atoms with E-state index in [0.717, 1.165) is 11.3 Å². The van der Waals surface area contributed by atoms with Crippen LogP contribution in [0, 0.1) is 5.82 Å². The molecule has 0 bridgehead atoms. The van der Waals surface area contributed by atoms with Crippen LogP contribution >= 0.6 is 0 Å². The number of imidazole rings is 1. The highest BCUT2D eigenvalue weighted by atomic mass is 19.1. The van der Waals surface area contributed by atoms with Crippen LogP contribution in [0.4, 0.5) is 4.39 Å². The van der Waals surface area contributed by atoms with Crippen molar-refractivity contribution >= 4 is 5.91 Å². The molecule has 3 aromatic carbocycles. The zero-order valence-electron chi connectivity index (χ0n) is 20.9. The lowest BCUT2D eigenvalue weighted by molar-refractivity contribution is 0.0706. The molecule has 4 rings (SSSR count). The van der Waals surface area contributed by atoms with Gasteiger partial charge in [-0.3, -0.25) is 4.79 Å². The molecule has 1 unspecified atom stereocenters. The van der Waals surface area contributed by atoms with E-state index in [9.17, 15) is 14.3 Å². The third kappa shape index (κ3) is 6.07. The Bertz CT molecular complexity index is 1290. The van der Waals surface area contributed by atoms with Gasteiger partial charge in [-0.15, -0.1) is 0 Å². The maximum Gasteiger partial charge on any atom is 0.251 e. The van der Waals surface area contributed by atoms with Gasteiger partial charge in [0.1, 0.15) is 11.4 Å². The topological polar surface area (TPSA) is 67.2 Å². The number of hydrogen-bond acceptors (Lipinski definition) is 3. The monoisotopic (exact) mass is 485 g/mol. The van der Waals surface area contributed by atoms with Crippen LogP contribution in [0.3, 0.4) is 0 Å². The van der Waals surface area contributed by atoms with Crippen LogP contribution in [-0.4, -0.2) is 26.1 Å². The number of aliphatic hydroxyl groups is 1. The smallest absolute Gasteiger partial charge is 0.251 e. The molecule has 36 heavy (non-hydrogen) atoms. The van der Waals surface area contributed by atoms with E-state index in [1.54, 1.807) is 42.7 Å². The van der Waals surface area contributed by atoms with Crippen molar-refractivity contribution in [1.82, 2.24) is 14.9 Å². The Morgan fingerprint density at radius 3 is 2.17 bits per heavy atom. The Morgan fingerprint density at radius 1 is 0.944 bits per heavy atom. The van der Waals surface area contributed by atoms with Gasteiger partial charge in [0.25, 0.3) is 5.91 Å². The Morgan fingerprint density at radius 2 is 1.56 bits per heavy atom. The van der Waals surface area contributed by atoms with Crippen molar-refractivity contribution in [1.29, 1.82) is 0 Å². The summed E-state index contributed by atoms with van der Waals surface area (Å²) < 4.78 is 15.8. The highest BCUT2D eigenvalue weighted by Gasteiger charge is 2.32. The Hall–Kier alpha value is -3.77. The number of carbonyl (C=O) groups is 1. The van der Waals surface area contributed by atoms with Crippen molar-refractivity contribution in [3.8, 4) is 0 Å². The van der Waals surface area contributed by atoms with Gasteiger partial charge in [-0.25, -0.2) is 9.37 Å².